The van der Waals surface area contributed by atoms with Gasteiger partial charge in [-0.05, 0) is 39.3 Å². The van der Waals surface area contributed by atoms with Crippen LogP contribution in [0.4, 0.5) is 0 Å². The molecule has 0 saturated carbocycles. The maximum atomic E-state index is 3.48. The monoisotopic (exact) mass is 228 g/mol. The van der Waals surface area contributed by atoms with E-state index in [-0.39, 0.29) is 0 Å². The molecule has 0 rings (SSSR count). The minimum absolute atomic E-state index is 0.690. The van der Waals surface area contributed by atoms with E-state index >= 15 is 0 Å². The summed E-state index contributed by atoms with van der Waals surface area (Å²) in [4.78, 5) is 2.56. The van der Waals surface area contributed by atoms with Crippen LogP contribution in [0.25, 0.3) is 0 Å². The van der Waals surface area contributed by atoms with Gasteiger partial charge in [-0.3, -0.25) is 4.90 Å². The number of hydrogen-bond acceptors (Lipinski definition) is 2. The highest BCUT2D eigenvalue weighted by Crippen LogP contribution is 2.14. The van der Waals surface area contributed by atoms with Gasteiger partial charge < -0.3 is 5.32 Å². The first kappa shape index (κ1) is 15.9. The van der Waals surface area contributed by atoms with Gasteiger partial charge in [-0.25, -0.2) is 0 Å². The van der Waals surface area contributed by atoms with Gasteiger partial charge in [0.2, 0.25) is 0 Å². The van der Waals surface area contributed by atoms with Crippen molar-refractivity contribution < 1.29 is 0 Å². The fourth-order valence-corrected chi connectivity index (χ4v) is 2.30. The van der Waals surface area contributed by atoms with Crippen LogP contribution in [-0.4, -0.2) is 37.1 Å². The minimum Gasteiger partial charge on any atom is -0.315 e. The SMILES string of the molecule is CCCC(CNCC)N(C)C(C)CC(C)C. The number of hydrogen-bond donors (Lipinski definition) is 1. The molecule has 0 amide bonds. The van der Waals surface area contributed by atoms with Gasteiger partial charge in [0.05, 0.1) is 0 Å². The molecule has 0 radical (unpaired) electrons. The smallest absolute Gasteiger partial charge is 0.0220 e. The Morgan fingerprint density at radius 2 is 1.75 bits per heavy atom. The maximum Gasteiger partial charge on any atom is 0.0220 e. The number of likely N-dealkylation sites (N-methyl/N-ethyl adjacent to an activating group) is 2. The van der Waals surface area contributed by atoms with Crippen molar-refractivity contribution in [2.75, 3.05) is 20.1 Å². The predicted molar refractivity (Wildman–Crippen MR) is 73.9 cm³/mol. The molecule has 0 bridgehead atoms. The van der Waals surface area contributed by atoms with Crippen molar-refractivity contribution in [3.8, 4) is 0 Å². The summed E-state index contributed by atoms with van der Waals surface area (Å²) in [5, 5.41) is 3.48. The van der Waals surface area contributed by atoms with Gasteiger partial charge in [0.25, 0.3) is 0 Å². The highest BCUT2D eigenvalue weighted by Gasteiger charge is 2.19. The van der Waals surface area contributed by atoms with Crippen LogP contribution in [0.15, 0.2) is 0 Å². The molecule has 0 saturated heterocycles. The molecule has 1 N–H and O–H groups in total. The van der Waals surface area contributed by atoms with E-state index < -0.39 is 0 Å². The first-order valence-electron chi connectivity index (χ1n) is 6.95. The van der Waals surface area contributed by atoms with E-state index in [1.165, 1.54) is 19.3 Å². The van der Waals surface area contributed by atoms with E-state index in [0.717, 1.165) is 19.0 Å². The molecule has 2 unspecified atom stereocenters. The van der Waals surface area contributed by atoms with Crippen molar-refractivity contribution in [2.45, 2.75) is 66.0 Å². The lowest BCUT2D eigenvalue weighted by Crippen LogP contribution is -2.44. The van der Waals surface area contributed by atoms with Gasteiger partial charge >= 0.3 is 0 Å². The first-order chi connectivity index (χ1) is 7.52. The summed E-state index contributed by atoms with van der Waals surface area (Å²) in [7, 11) is 2.28. The molecular formula is C14H32N2. The van der Waals surface area contributed by atoms with Crippen molar-refractivity contribution >= 4 is 0 Å². The topological polar surface area (TPSA) is 15.3 Å². The van der Waals surface area contributed by atoms with Crippen molar-refractivity contribution in [1.29, 1.82) is 0 Å². The van der Waals surface area contributed by atoms with E-state index in [2.05, 4.69) is 51.9 Å². The summed E-state index contributed by atoms with van der Waals surface area (Å²) in [6.45, 7) is 13.6. The Morgan fingerprint density at radius 1 is 1.12 bits per heavy atom. The predicted octanol–water partition coefficient (Wildman–Crippen LogP) is 3.13. The first-order valence-corrected chi connectivity index (χ1v) is 6.95. The minimum atomic E-state index is 0.690. The van der Waals surface area contributed by atoms with Crippen LogP contribution in [0.3, 0.4) is 0 Å². The largest absolute Gasteiger partial charge is 0.315 e. The quantitative estimate of drug-likeness (QED) is 0.652. The molecule has 0 aromatic heterocycles. The number of nitrogens with one attached hydrogen (secondary N) is 1. The Bertz CT molecular complexity index is 157. The third-order valence-electron chi connectivity index (χ3n) is 3.34. The van der Waals surface area contributed by atoms with Gasteiger partial charge in [-0.15, -0.1) is 0 Å². The van der Waals surface area contributed by atoms with E-state index in [4.69, 9.17) is 0 Å². The molecule has 0 aliphatic carbocycles. The summed E-state index contributed by atoms with van der Waals surface area (Å²) in [6.07, 6.45) is 3.86. The third-order valence-corrected chi connectivity index (χ3v) is 3.34. The Kier molecular flexibility index (Phi) is 8.96. The van der Waals surface area contributed by atoms with Gasteiger partial charge in [-0.2, -0.15) is 0 Å². The normalized spacial score (nSPS) is 15.8. The van der Waals surface area contributed by atoms with Crippen molar-refractivity contribution in [2.24, 2.45) is 5.92 Å². The van der Waals surface area contributed by atoms with Gasteiger partial charge in [0.15, 0.2) is 0 Å². The lowest BCUT2D eigenvalue weighted by molar-refractivity contribution is 0.153. The van der Waals surface area contributed by atoms with Crippen LogP contribution in [0.2, 0.25) is 0 Å². The summed E-state index contributed by atoms with van der Waals surface area (Å²) in [6, 6.07) is 1.38. The number of rotatable bonds is 9. The highest BCUT2D eigenvalue weighted by atomic mass is 15.2. The lowest BCUT2D eigenvalue weighted by atomic mass is 10.0. The average molecular weight is 228 g/mol. The van der Waals surface area contributed by atoms with E-state index in [1.54, 1.807) is 0 Å². The molecule has 0 heterocycles. The Labute approximate surface area is 103 Å². The maximum absolute atomic E-state index is 3.48. The second kappa shape index (κ2) is 9.00. The fourth-order valence-electron chi connectivity index (χ4n) is 2.30. The molecular weight excluding hydrogens is 196 g/mol. The summed E-state index contributed by atoms with van der Waals surface area (Å²) in [5.74, 6) is 0.791. The highest BCUT2D eigenvalue weighted by molar-refractivity contribution is 4.76. The molecule has 2 nitrogen and oxygen atoms in total. The Morgan fingerprint density at radius 3 is 2.19 bits per heavy atom. The van der Waals surface area contributed by atoms with Crippen LogP contribution < -0.4 is 5.32 Å². The van der Waals surface area contributed by atoms with Crippen LogP contribution in [-0.2, 0) is 0 Å². The lowest BCUT2D eigenvalue weighted by Gasteiger charge is -2.34. The van der Waals surface area contributed by atoms with Gasteiger partial charge in [-0.1, -0.05) is 34.1 Å². The Hall–Kier alpha value is -0.0800. The fraction of sp³-hybridized carbons (Fsp3) is 1.00. The Balaban J connectivity index is 4.17. The van der Waals surface area contributed by atoms with Gasteiger partial charge in [0.1, 0.15) is 0 Å². The molecule has 0 aromatic rings. The molecule has 98 valence electrons. The zero-order valence-corrected chi connectivity index (χ0v) is 12.2. The molecule has 2 heteroatoms. The molecule has 0 aliphatic heterocycles. The standard InChI is InChI=1S/C14H32N2/c1-7-9-14(11-15-8-2)16(6)13(5)10-12(3)4/h12-15H,7-11H2,1-6H3. The molecule has 16 heavy (non-hydrogen) atoms. The zero-order valence-electron chi connectivity index (χ0n) is 12.2. The van der Waals surface area contributed by atoms with Crippen LogP contribution >= 0.6 is 0 Å². The van der Waals surface area contributed by atoms with Crippen LogP contribution in [0.1, 0.15) is 53.9 Å². The van der Waals surface area contributed by atoms with Crippen LogP contribution in [0, 0.1) is 5.92 Å². The third kappa shape index (κ3) is 6.49. The molecule has 0 aliphatic rings. The molecule has 0 aromatic carbocycles. The summed E-state index contributed by atoms with van der Waals surface area (Å²) >= 11 is 0. The molecule has 2 atom stereocenters. The summed E-state index contributed by atoms with van der Waals surface area (Å²) < 4.78 is 0. The zero-order chi connectivity index (χ0) is 12.6. The second-order valence-corrected chi connectivity index (χ2v) is 5.39. The van der Waals surface area contributed by atoms with E-state index in [0.29, 0.717) is 12.1 Å². The van der Waals surface area contributed by atoms with Crippen molar-refractivity contribution in [1.82, 2.24) is 10.2 Å². The molecule has 0 spiro atoms. The number of nitrogens with zero attached hydrogens (tertiary/aromatic N) is 1. The average Bonchev–Trinajstić information content (AvgIpc) is 2.22. The van der Waals surface area contributed by atoms with Crippen LogP contribution in [0.5, 0.6) is 0 Å². The second-order valence-electron chi connectivity index (χ2n) is 5.39. The summed E-state index contributed by atoms with van der Waals surface area (Å²) in [5.41, 5.74) is 0. The van der Waals surface area contributed by atoms with E-state index in [9.17, 15) is 0 Å². The van der Waals surface area contributed by atoms with Crippen molar-refractivity contribution in [3.05, 3.63) is 0 Å². The van der Waals surface area contributed by atoms with Crippen molar-refractivity contribution in [3.63, 3.8) is 0 Å². The van der Waals surface area contributed by atoms with E-state index in [1.807, 2.05) is 0 Å². The van der Waals surface area contributed by atoms with Gasteiger partial charge in [0, 0.05) is 18.6 Å². The molecule has 0 fully saturated rings.